The first-order valence-corrected chi connectivity index (χ1v) is 7.72. The van der Waals surface area contributed by atoms with Gasteiger partial charge in [0.25, 0.3) is 0 Å². The van der Waals surface area contributed by atoms with Crippen LogP contribution in [0.15, 0.2) is 47.1 Å². The minimum absolute atomic E-state index is 0.0454. The molecule has 3 rings (SSSR count). The second-order valence-corrected chi connectivity index (χ2v) is 5.78. The fourth-order valence-corrected chi connectivity index (χ4v) is 2.73. The highest BCUT2D eigenvalue weighted by Crippen LogP contribution is 2.22. The number of anilines is 1. The molecule has 24 heavy (non-hydrogen) atoms. The third kappa shape index (κ3) is 3.63. The van der Waals surface area contributed by atoms with Gasteiger partial charge in [0.15, 0.2) is 0 Å². The number of benzene rings is 1. The van der Waals surface area contributed by atoms with Crippen molar-refractivity contribution in [2.24, 2.45) is 5.92 Å². The lowest BCUT2D eigenvalue weighted by Gasteiger charge is -2.15. The molecule has 2 aromatic rings. The van der Waals surface area contributed by atoms with Gasteiger partial charge in [0.1, 0.15) is 5.76 Å². The smallest absolute Gasteiger partial charge is 0.229 e. The highest BCUT2D eigenvalue weighted by atomic mass is 16.3. The van der Waals surface area contributed by atoms with Crippen LogP contribution in [0.25, 0.3) is 0 Å². The van der Waals surface area contributed by atoms with Gasteiger partial charge in [-0.2, -0.15) is 5.26 Å². The van der Waals surface area contributed by atoms with Crippen molar-refractivity contribution in [1.82, 2.24) is 4.90 Å². The van der Waals surface area contributed by atoms with Crippen molar-refractivity contribution < 1.29 is 14.0 Å². The fraction of sp³-hybridized carbons (Fsp3) is 0.278. The fourth-order valence-electron chi connectivity index (χ4n) is 2.73. The lowest BCUT2D eigenvalue weighted by Crippen LogP contribution is -2.27. The maximum Gasteiger partial charge on any atom is 0.229 e. The summed E-state index contributed by atoms with van der Waals surface area (Å²) in [7, 11) is 0. The lowest BCUT2D eigenvalue weighted by atomic mass is 10.1. The zero-order valence-corrected chi connectivity index (χ0v) is 13.1. The van der Waals surface area contributed by atoms with Crippen LogP contribution in [0.2, 0.25) is 0 Å². The van der Waals surface area contributed by atoms with E-state index in [-0.39, 0.29) is 24.2 Å². The third-order valence-corrected chi connectivity index (χ3v) is 4.02. The molecule has 6 nitrogen and oxygen atoms in total. The molecule has 1 aromatic carbocycles. The zero-order valence-electron chi connectivity index (χ0n) is 13.1. The Kier molecular flexibility index (Phi) is 4.62. The Bertz CT molecular complexity index is 760. The second-order valence-electron chi connectivity index (χ2n) is 5.78. The number of amides is 2. The molecule has 1 aromatic heterocycles. The molecule has 1 unspecified atom stereocenters. The largest absolute Gasteiger partial charge is 0.467 e. The number of nitrogens with zero attached hydrogens (tertiary/aromatic N) is 2. The van der Waals surface area contributed by atoms with Gasteiger partial charge in [-0.15, -0.1) is 0 Å². The van der Waals surface area contributed by atoms with Gasteiger partial charge in [-0.1, -0.05) is 12.1 Å². The maximum atomic E-state index is 12.4. The van der Waals surface area contributed by atoms with Crippen LogP contribution in [0, 0.1) is 17.2 Å². The van der Waals surface area contributed by atoms with Crippen molar-refractivity contribution >= 4 is 17.5 Å². The Labute approximate surface area is 139 Å². The average molecular weight is 323 g/mol. The van der Waals surface area contributed by atoms with E-state index in [1.165, 1.54) is 0 Å². The summed E-state index contributed by atoms with van der Waals surface area (Å²) in [4.78, 5) is 26.0. The van der Waals surface area contributed by atoms with E-state index in [9.17, 15) is 9.59 Å². The summed E-state index contributed by atoms with van der Waals surface area (Å²) in [5.41, 5.74) is 1.56. The summed E-state index contributed by atoms with van der Waals surface area (Å²) in [5, 5.41) is 11.5. The van der Waals surface area contributed by atoms with Gasteiger partial charge < -0.3 is 14.6 Å². The molecule has 0 spiro atoms. The van der Waals surface area contributed by atoms with Gasteiger partial charge in [-0.25, -0.2) is 0 Å². The molecule has 1 aliphatic heterocycles. The number of hydrogen-bond acceptors (Lipinski definition) is 4. The van der Waals surface area contributed by atoms with Crippen molar-refractivity contribution in [2.75, 3.05) is 11.9 Å². The van der Waals surface area contributed by atoms with Crippen LogP contribution in [0.3, 0.4) is 0 Å². The lowest BCUT2D eigenvalue weighted by molar-refractivity contribution is -0.128. The number of carbonyl (C=O) groups excluding carboxylic acids is 2. The molecule has 1 fully saturated rings. The molecule has 2 heterocycles. The topological polar surface area (TPSA) is 86.3 Å². The molecule has 1 atom stereocenters. The Balaban J connectivity index is 1.57. The Morgan fingerprint density at radius 1 is 1.33 bits per heavy atom. The number of rotatable bonds is 5. The summed E-state index contributed by atoms with van der Waals surface area (Å²) in [6.07, 6.45) is 2.11. The first-order chi connectivity index (χ1) is 11.7. The second kappa shape index (κ2) is 7.01. The Morgan fingerprint density at radius 3 is 2.79 bits per heavy atom. The summed E-state index contributed by atoms with van der Waals surface area (Å²) in [6.45, 7) is 0.774. The Hall–Kier alpha value is -3.07. The predicted octanol–water partition coefficient (Wildman–Crippen LogP) is 2.33. The van der Waals surface area contributed by atoms with Crippen molar-refractivity contribution in [3.63, 3.8) is 0 Å². The molecule has 1 saturated heterocycles. The van der Waals surface area contributed by atoms with Crippen LogP contribution >= 0.6 is 0 Å². The molecule has 0 bridgehead atoms. The highest BCUT2D eigenvalue weighted by Gasteiger charge is 2.34. The molecule has 0 saturated carbocycles. The Morgan fingerprint density at radius 2 is 2.12 bits per heavy atom. The van der Waals surface area contributed by atoms with E-state index in [0.29, 0.717) is 31.0 Å². The van der Waals surface area contributed by atoms with Crippen LogP contribution in [0.4, 0.5) is 5.69 Å². The van der Waals surface area contributed by atoms with Gasteiger partial charge in [-0.3, -0.25) is 9.59 Å². The minimum Gasteiger partial charge on any atom is -0.467 e. The molecule has 1 aliphatic rings. The normalized spacial score (nSPS) is 16.9. The van der Waals surface area contributed by atoms with Gasteiger partial charge in [0, 0.05) is 18.7 Å². The number of nitrogens with one attached hydrogen (secondary N) is 1. The summed E-state index contributed by atoms with van der Waals surface area (Å²) in [6, 6.07) is 12.8. The van der Waals surface area contributed by atoms with Crippen LogP contribution in [-0.2, 0) is 22.6 Å². The van der Waals surface area contributed by atoms with Crippen molar-refractivity contribution in [2.45, 2.75) is 19.4 Å². The first-order valence-electron chi connectivity index (χ1n) is 7.72. The molecule has 1 N–H and O–H groups in total. The summed E-state index contributed by atoms with van der Waals surface area (Å²) < 4.78 is 5.25. The zero-order chi connectivity index (χ0) is 16.9. The maximum absolute atomic E-state index is 12.4. The van der Waals surface area contributed by atoms with Crippen LogP contribution in [-0.4, -0.2) is 23.3 Å². The molecule has 122 valence electrons. The third-order valence-electron chi connectivity index (χ3n) is 4.02. The predicted molar refractivity (Wildman–Crippen MR) is 86.6 cm³/mol. The number of furan rings is 1. The first kappa shape index (κ1) is 15.8. The SMILES string of the molecule is N#CCc1ccc(NC(=O)C2CC(=O)N(Cc3ccco3)C2)cc1. The van der Waals surface area contributed by atoms with Gasteiger partial charge in [-0.05, 0) is 29.8 Å². The summed E-state index contributed by atoms with van der Waals surface area (Å²) >= 11 is 0. The van der Waals surface area contributed by atoms with Gasteiger partial charge >= 0.3 is 0 Å². The van der Waals surface area contributed by atoms with E-state index in [1.54, 1.807) is 29.4 Å². The van der Waals surface area contributed by atoms with Crippen molar-refractivity contribution in [3.05, 3.63) is 54.0 Å². The van der Waals surface area contributed by atoms with Crippen LogP contribution < -0.4 is 5.32 Å². The molecule has 0 radical (unpaired) electrons. The van der Waals surface area contributed by atoms with Gasteiger partial charge in [0.2, 0.25) is 11.8 Å². The average Bonchev–Trinajstić information content (AvgIpc) is 3.20. The standard InChI is InChI=1S/C18H17N3O3/c19-8-7-13-3-5-15(6-4-13)20-18(23)14-10-17(22)21(11-14)12-16-2-1-9-24-16/h1-6,9,14H,7,10-12H2,(H,20,23). The monoisotopic (exact) mass is 323 g/mol. The van der Waals surface area contributed by atoms with E-state index in [2.05, 4.69) is 11.4 Å². The molecule has 2 amide bonds. The molecular weight excluding hydrogens is 306 g/mol. The number of carbonyl (C=O) groups is 2. The minimum atomic E-state index is -0.369. The van der Waals surface area contributed by atoms with Crippen molar-refractivity contribution in [1.29, 1.82) is 5.26 Å². The molecule has 0 aliphatic carbocycles. The highest BCUT2D eigenvalue weighted by molar-refractivity contribution is 5.97. The van der Waals surface area contributed by atoms with E-state index in [0.717, 1.165) is 5.56 Å². The van der Waals surface area contributed by atoms with Gasteiger partial charge in [0.05, 0.1) is 31.2 Å². The number of nitriles is 1. The van der Waals surface area contributed by atoms with Crippen LogP contribution in [0.1, 0.15) is 17.7 Å². The molecular formula is C18H17N3O3. The number of hydrogen-bond donors (Lipinski definition) is 1. The molecule has 6 heteroatoms. The van der Waals surface area contributed by atoms with E-state index in [4.69, 9.17) is 9.68 Å². The van der Waals surface area contributed by atoms with Crippen molar-refractivity contribution in [3.8, 4) is 6.07 Å². The summed E-state index contributed by atoms with van der Waals surface area (Å²) in [5.74, 6) is 0.123. The quantitative estimate of drug-likeness (QED) is 0.915. The van der Waals surface area contributed by atoms with E-state index >= 15 is 0 Å². The van der Waals surface area contributed by atoms with E-state index < -0.39 is 0 Å². The number of likely N-dealkylation sites (tertiary alicyclic amines) is 1. The van der Waals surface area contributed by atoms with Crippen LogP contribution in [0.5, 0.6) is 0 Å². The van der Waals surface area contributed by atoms with E-state index in [1.807, 2.05) is 18.2 Å².